The summed E-state index contributed by atoms with van der Waals surface area (Å²) in [6.07, 6.45) is 3.93. The maximum atomic E-state index is 12.8. The van der Waals surface area contributed by atoms with Gasteiger partial charge in [-0.25, -0.2) is 0 Å². The van der Waals surface area contributed by atoms with E-state index in [1.165, 1.54) is 5.56 Å². The van der Waals surface area contributed by atoms with Crippen LogP contribution in [0, 0.1) is 5.92 Å². The Hall–Kier alpha value is -2.62. The van der Waals surface area contributed by atoms with Crippen LogP contribution in [0.15, 0.2) is 54.6 Å². The minimum atomic E-state index is 0.0547. The van der Waals surface area contributed by atoms with Crippen LogP contribution >= 0.6 is 0 Å². The standard InChI is InChI=1S/C22H24N2O2/c25-21(18-9-10-18)23-20-8-4-7-19(15-20)22(26)24-13-11-17(12-14-24)16-5-2-1-3-6-16/h1-8,15,17-18H,9-14H2,(H,23,25). The average molecular weight is 348 g/mol. The van der Waals surface area contributed by atoms with Gasteiger partial charge in [0.15, 0.2) is 0 Å². The highest BCUT2D eigenvalue weighted by atomic mass is 16.2. The summed E-state index contributed by atoms with van der Waals surface area (Å²) in [5, 5.41) is 2.92. The van der Waals surface area contributed by atoms with Crippen molar-refractivity contribution in [2.24, 2.45) is 5.92 Å². The van der Waals surface area contributed by atoms with E-state index in [0.717, 1.165) is 38.8 Å². The molecule has 1 saturated carbocycles. The number of piperidine rings is 1. The molecular weight excluding hydrogens is 324 g/mol. The third kappa shape index (κ3) is 3.79. The number of anilines is 1. The molecule has 1 saturated heterocycles. The zero-order valence-electron chi connectivity index (χ0n) is 14.9. The van der Waals surface area contributed by atoms with Crippen LogP contribution in [-0.2, 0) is 4.79 Å². The van der Waals surface area contributed by atoms with E-state index < -0.39 is 0 Å². The largest absolute Gasteiger partial charge is 0.339 e. The third-order valence-corrected chi connectivity index (χ3v) is 5.38. The summed E-state index contributed by atoms with van der Waals surface area (Å²) < 4.78 is 0. The van der Waals surface area contributed by atoms with Crippen LogP contribution < -0.4 is 5.32 Å². The van der Waals surface area contributed by atoms with Crippen molar-refractivity contribution < 1.29 is 9.59 Å². The Labute approximate surface area is 154 Å². The van der Waals surface area contributed by atoms with Crippen molar-refractivity contribution >= 4 is 17.5 Å². The fourth-order valence-corrected chi connectivity index (χ4v) is 3.64. The van der Waals surface area contributed by atoms with Crippen molar-refractivity contribution in [2.75, 3.05) is 18.4 Å². The van der Waals surface area contributed by atoms with Gasteiger partial charge in [0.05, 0.1) is 0 Å². The molecule has 4 rings (SSSR count). The van der Waals surface area contributed by atoms with Crippen molar-refractivity contribution in [3.8, 4) is 0 Å². The van der Waals surface area contributed by atoms with Crippen molar-refractivity contribution in [3.63, 3.8) is 0 Å². The predicted octanol–water partition coefficient (Wildman–Crippen LogP) is 4.05. The number of amides is 2. The van der Waals surface area contributed by atoms with Gasteiger partial charge in [-0.3, -0.25) is 9.59 Å². The second kappa shape index (κ2) is 7.32. The van der Waals surface area contributed by atoms with Crippen LogP contribution in [-0.4, -0.2) is 29.8 Å². The van der Waals surface area contributed by atoms with E-state index in [4.69, 9.17) is 0 Å². The molecule has 1 N–H and O–H groups in total. The molecule has 0 aromatic heterocycles. The molecule has 0 unspecified atom stereocenters. The predicted molar refractivity (Wildman–Crippen MR) is 102 cm³/mol. The zero-order chi connectivity index (χ0) is 17.9. The fraction of sp³-hybridized carbons (Fsp3) is 0.364. The van der Waals surface area contributed by atoms with Gasteiger partial charge >= 0.3 is 0 Å². The van der Waals surface area contributed by atoms with Crippen LogP contribution in [0.2, 0.25) is 0 Å². The monoisotopic (exact) mass is 348 g/mol. The lowest BCUT2D eigenvalue weighted by molar-refractivity contribution is -0.117. The molecule has 2 aromatic carbocycles. The number of carbonyl (C=O) groups is 2. The normalized spacial score (nSPS) is 17.8. The SMILES string of the molecule is O=C(Nc1cccc(C(=O)N2CCC(c3ccccc3)CC2)c1)C1CC1. The van der Waals surface area contributed by atoms with Gasteiger partial charge in [0, 0.05) is 30.3 Å². The van der Waals surface area contributed by atoms with E-state index >= 15 is 0 Å². The number of carbonyl (C=O) groups excluding carboxylic acids is 2. The molecule has 134 valence electrons. The quantitative estimate of drug-likeness (QED) is 0.906. The number of hydrogen-bond acceptors (Lipinski definition) is 2. The number of hydrogen-bond donors (Lipinski definition) is 1. The molecule has 4 nitrogen and oxygen atoms in total. The fourth-order valence-electron chi connectivity index (χ4n) is 3.64. The minimum Gasteiger partial charge on any atom is -0.339 e. The first kappa shape index (κ1) is 16.8. The van der Waals surface area contributed by atoms with Gasteiger partial charge in [-0.2, -0.15) is 0 Å². The summed E-state index contributed by atoms with van der Waals surface area (Å²) in [6.45, 7) is 1.55. The summed E-state index contributed by atoms with van der Waals surface area (Å²) >= 11 is 0. The van der Waals surface area contributed by atoms with Gasteiger partial charge in [0.2, 0.25) is 5.91 Å². The van der Waals surface area contributed by atoms with Gasteiger partial charge in [-0.15, -0.1) is 0 Å². The molecule has 1 heterocycles. The molecular formula is C22H24N2O2. The molecule has 0 atom stereocenters. The Kier molecular flexibility index (Phi) is 4.74. The minimum absolute atomic E-state index is 0.0547. The summed E-state index contributed by atoms with van der Waals surface area (Å²) in [6, 6.07) is 17.9. The molecule has 0 bridgehead atoms. The molecule has 2 amide bonds. The van der Waals surface area contributed by atoms with Crippen LogP contribution in [0.4, 0.5) is 5.69 Å². The molecule has 1 aliphatic carbocycles. The molecule has 0 radical (unpaired) electrons. The summed E-state index contributed by atoms with van der Waals surface area (Å²) in [7, 11) is 0. The lowest BCUT2D eigenvalue weighted by atomic mass is 9.89. The molecule has 0 spiro atoms. The Morgan fingerprint density at radius 3 is 2.31 bits per heavy atom. The van der Waals surface area contributed by atoms with Crippen molar-refractivity contribution in [3.05, 3.63) is 65.7 Å². The highest BCUT2D eigenvalue weighted by Crippen LogP contribution is 2.31. The van der Waals surface area contributed by atoms with E-state index in [1.54, 1.807) is 6.07 Å². The molecule has 2 aromatic rings. The summed E-state index contributed by atoms with van der Waals surface area (Å²) in [5.41, 5.74) is 2.73. The Morgan fingerprint density at radius 1 is 0.885 bits per heavy atom. The van der Waals surface area contributed by atoms with E-state index in [2.05, 4.69) is 29.6 Å². The smallest absolute Gasteiger partial charge is 0.253 e. The Bertz CT molecular complexity index is 791. The lowest BCUT2D eigenvalue weighted by Gasteiger charge is -2.32. The average Bonchev–Trinajstić information content (AvgIpc) is 3.54. The van der Waals surface area contributed by atoms with Crippen molar-refractivity contribution in [1.29, 1.82) is 0 Å². The number of nitrogens with zero attached hydrogens (tertiary/aromatic N) is 1. The van der Waals surface area contributed by atoms with Gasteiger partial charge in [-0.1, -0.05) is 36.4 Å². The summed E-state index contributed by atoms with van der Waals surface area (Å²) in [5.74, 6) is 0.813. The van der Waals surface area contributed by atoms with Gasteiger partial charge in [-0.05, 0) is 55.4 Å². The van der Waals surface area contributed by atoms with Gasteiger partial charge < -0.3 is 10.2 Å². The Balaban J connectivity index is 1.38. The maximum Gasteiger partial charge on any atom is 0.253 e. The van der Waals surface area contributed by atoms with E-state index in [9.17, 15) is 9.59 Å². The Morgan fingerprint density at radius 2 is 1.62 bits per heavy atom. The number of benzene rings is 2. The molecule has 4 heteroatoms. The van der Waals surface area contributed by atoms with Crippen LogP contribution in [0.3, 0.4) is 0 Å². The first-order valence-corrected chi connectivity index (χ1v) is 9.46. The van der Waals surface area contributed by atoms with Crippen molar-refractivity contribution in [2.45, 2.75) is 31.6 Å². The van der Waals surface area contributed by atoms with Gasteiger partial charge in [0.1, 0.15) is 0 Å². The van der Waals surface area contributed by atoms with Crippen LogP contribution in [0.25, 0.3) is 0 Å². The second-order valence-electron chi connectivity index (χ2n) is 7.32. The highest BCUT2D eigenvalue weighted by Gasteiger charge is 2.30. The number of rotatable bonds is 4. The van der Waals surface area contributed by atoms with E-state index in [-0.39, 0.29) is 17.7 Å². The first-order chi connectivity index (χ1) is 12.7. The topological polar surface area (TPSA) is 49.4 Å². The number of nitrogens with one attached hydrogen (secondary N) is 1. The second-order valence-corrected chi connectivity index (χ2v) is 7.32. The van der Waals surface area contributed by atoms with Gasteiger partial charge in [0.25, 0.3) is 5.91 Å². The van der Waals surface area contributed by atoms with Crippen LogP contribution in [0.5, 0.6) is 0 Å². The third-order valence-electron chi connectivity index (χ3n) is 5.38. The lowest BCUT2D eigenvalue weighted by Crippen LogP contribution is -2.37. The molecule has 26 heavy (non-hydrogen) atoms. The van der Waals surface area contributed by atoms with E-state index in [1.807, 2.05) is 29.2 Å². The molecule has 2 fully saturated rings. The number of likely N-dealkylation sites (tertiary alicyclic amines) is 1. The first-order valence-electron chi connectivity index (χ1n) is 9.46. The zero-order valence-corrected chi connectivity index (χ0v) is 14.9. The molecule has 1 aliphatic heterocycles. The van der Waals surface area contributed by atoms with Crippen molar-refractivity contribution in [1.82, 2.24) is 4.90 Å². The summed E-state index contributed by atoms with van der Waals surface area (Å²) in [4.78, 5) is 26.7. The van der Waals surface area contributed by atoms with E-state index in [0.29, 0.717) is 17.2 Å². The highest BCUT2D eigenvalue weighted by molar-refractivity contribution is 5.98. The van der Waals surface area contributed by atoms with Crippen LogP contribution in [0.1, 0.15) is 47.5 Å². The molecule has 2 aliphatic rings. The maximum absolute atomic E-state index is 12.8.